The van der Waals surface area contributed by atoms with Gasteiger partial charge in [0.1, 0.15) is 0 Å². The Kier molecular flexibility index (Phi) is 4.04. The van der Waals surface area contributed by atoms with E-state index < -0.39 is 22.3 Å². The van der Waals surface area contributed by atoms with Crippen molar-refractivity contribution in [3.63, 3.8) is 0 Å². The molecule has 0 heterocycles. The smallest absolute Gasteiger partial charge is 0.304 e. The SMILES string of the molecule is Nc1cc(Cl)ccc1C(=O)Nc1ccc([N+](=O)[O-])c(F)c1. The molecule has 0 aliphatic heterocycles. The lowest BCUT2D eigenvalue weighted by Crippen LogP contribution is -2.14. The molecule has 3 N–H and O–H groups in total. The van der Waals surface area contributed by atoms with Crippen LogP contribution in [0.4, 0.5) is 21.5 Å². The average molecular weight is 310 g/mol. The van der Waals surface area contributed by atoms with Crippen molar-refractivity contribution in [3.05, 3.63) is 62.9 Å². The number of hydrogen-bond donors (Lipinski definition) is 2. The summed E-state index contributed by atoms with van der Waals surface area (Å²) in [5.41, 5.74) is 5.41. The second-order valence-corrected chi connectivity index (χ2v) is 4.55. The topological polar surface area (TPSA) is 98.3 Å². The zero-order valence-corrected chi connectivity index (χ0v) is 11.2. The summed E-state index contributed by atoms with van der Waals surface area (Å²) in [7, 11) is 0. The number of nitro benzene ring substituents is 1. The molecule has 8 heteroatoms. The molecule has 6 nitrogen and oxygen atoms in total. The summed E-state index contributed by atoms with van der Waals surface area (Å²) >= 11 is 5.72. The van der Waals surface area contributed by atoms with Crippen molar-refractivity contribution in [3.8, 4) is 0 Å². The Labute approximate surface area is 123 Å². The molecule has 0 radical (unpaired) electrons. The number of nitrogens with one attached hydrogen (secondary N) is 1. The van der Waals surface area contributed by atoms with Crippen LogP contribution < -0.4 is 11.1 Å². The van der Waals surface area contributed by atoms with E-state index in [0.29, 0.717) is 5.02 Å². The number of benzene rings is 2. The molecule has 0 aliphatic rings. The number of nitrogens with two attached hydrogens (primary N) is 1. The first kappa shape index (κ1) is 14.7. The Balaban J connectivity index is 2.23. The van der Waals surface area contributed by atoms with Crippen molar-refractivity contribution in [1.82, 2.24) is 0 Å². The lowest BCUT2D eigenvalue weighted by molar-refractivity contribution is -0.387. The van der Waals surface area contributed by atoms with E-state index in [1.54, 1.807) is 0 Å². The van der Waals surface area contributed by atoms with Gasteiger partial charge in [0, 0.05) is 28.5 Å². The van der Waals surface area contributed by atoms with Crippen molar-refractivity contribution in [1.29, 1.82) is 0 Å². The third-order valence-electron chi connectivity index (χ3n) is 2.66. The molecule has 0 atom stereocenters. The predicted octanol–water partition coefficient (Wildman–Crippen LogP) is 3.22. The monoisotopic (exact) mass is 309 g/mol. The Bertz CT molecular complexity index is 737. The van der Waals surface area contributed by atoms with Crippen molar-refractivity contribution in [2.75, 3.05) is 11.1 Å². The number of nitro groups is 1. The van der Waals surface area contributed by atoms with Gasteiger partial charge in [0.2, 0.25) is 5.82 Å². The van der Waals surface area contributed by atoms with E-state index in [1.807, 2.05) is 0 Å². The highest BCUT2D eigenvalue weighted by molar-refractivity contribution is 6.31. The van der Waals surface area contributed by atoms with Crippen LogP contribution >= 0.6 is 11.6 Å². The van der Waals surface area contributed by atoms with Gasteiger partial charge in [-0.15, -0.1) is 0 Å². The molecule has 2 aromatic rings. The molecule has 21 heavy (non-hydrogen) atoms. The van der Waals surface area contributed by atoms with Gasteiger partial charge in [-0.25, -0.2) is 0 Å². The van der Waals surface area contributed by atoms with Crippen LogP contribution in [-0.4, -0.2) is 10.8 Å². The fourth-order valence-electron chi connectivity index (χ4n) is 1.67. The highest BCUT2D eigenvalue weighted by Gasteiger charge is 2.16. The van der Waals surface area contributed by atoms with Crippen molar-refractivity contribution in [2.45, 2.75) is 0 Å². The van der Waals surface area contributed by atoms with Gasteiger partial charge < -0.3 is 11.1 Å². The first-order valence-electron chi connectivity index (χ1n) is 5.69. The number of hydrogen-bond acceptors (Lipinski definition) is 4. The maximum atomic E-state index is 13.5. The summed E-state index contributed by atoms with van der Waals surface area (Å²) in [4.78, 5) is 21.6. The van der Waals surface area contributed by atoms with Crippen LogP contribution in [0.1, 0.15) is 10.4 Å². The fraction of sp³-hybridized carbons (Fsp3) is 0. The normalized spacial score (nSPS) is 10.2. The molecule has 2 aromatic carbocycles. The van der Waals surface area contributed by atoms with E-state index in [-0.39, 0.29) is 16.9 Å². The van der Waals surface area contributed by atoms with E-state index in [4.69, 9.17) is 17.3 Å². The minimum atomic E-state index is -1.04. The van der Waals surface area contributed by atoms with Crippen LogP contribution in [0, 0.1) is 15.9 Å². The zero-order chi connectivity index (χ0) is 15.6. The predicted molar refractivity (Wildman–Crippen MR) is 76.9 cm³/mol. The third kappa shape index (κ3) is 3.26. The number of nitrogens with zero attached hydrogens (tertiary/aromatic N) is 1. The van der Waals surface area contributed by atoms with E-state index in [0.717, 1.165) is 12.1 Å². The Morgan fingerprint density at radius 1 is 1.29 bits per heavy atom. The van der Waals surface area contributed by atoms with E-state index in [9.17, 15) is 19.3 Å². The van der Waals surface area contributed by atoms with Crippen LogP contribution in [0.2, 0.25) is 5.02 Å². The van der Waals surface area contributed by atoms with Gasteiger partial charge in [-0.2, -0.15) is 4.39 Å². The first-order chi connectivity index (χ1) is 9.88. The molecule has 0 unspecified atom stereocenters. The summed E-state index contributed by atoms with van der Waals surface area (Å²) < 4.78 is 13.5. The van der Waals surface area contributed by atoms with Gasteiger partial charge in [-0.1, -0.05) is 11.6 Å². The van der Waals surface area contributed by atoms with Crippen LogP contribution in [0.25, 0.3) is 0 Å². The molecule has 108 valence electrons. The van der Waals surface area contributed by atoms with Gasteiger partial charge in [-0.3, -0.25) is 14.9 Å². The van der Waals surface area contributed by atoms with Crippen molar-refractivity contribution in [2.24, 2.45) is 0 Å². The number of amides is 1. The first-order valence-corrected chi connectivity index (χ1v) is 6.06. The fourth-order valence-corrected chi connectivity index (χ4v) is 1.85. The molecule has 0 saturated carbocycles. The molecule has 1 amide bonds. The van der Waals surface area contributed by atoms with Crippen LogP contribution in [0.5, 0.6) is 0 Å². The summed E-state index contributed by atoms with van der Waals surface area (Å²) in [5.74, 6) is -1.61. The Morgan fingerprint density at radius 2 is 2.00 bits per heavy atom. The molecule has 0 saturated heterocycles. The van der Waals surface area contributed by atoms with E-state index in [1.165, 1.54) is 24.3 Å². The number of anilines is 2. The minimum absolute atomic E-state index is 0.0810. The number of carbonyl (C=O) groups excluding carboxylic acids is 1. The summed E-state index contributed by atoms with van der Waals surface area (Å²) in [6.07, 6.45) is 0. The van der Waals surface area contributed by atoms with E-state index in [2.05, 4.69) is 5.32 Å². The van der Waals surface area contributed by atoms with Gasteiger partial charge >= 0.3 is 5.69 Å². The van der Waals surface area contributed by atoms with Gasteiger partial charge in [0.15, 0.2) is 0 Å². The zero-order valence-electron chi connectivity index (χ0n) is 10.5. The summed E-state index contributed by atoms with van der Waals surface area (Å²) in [5, 5.41) is 13.3. The van der Waals surface area contributed by atoms with Crippen LogP contribution in [0.15, 0.2) is 36.4 Å². The maximum absolute atomic E-state index is 13.5. The number of halogens is 2. The maximum Gasteiger partial charge on any atom is 0.304 e. The standard InChI is InChI=1S/C13H9ClFN3O3/c14-7-1-3-9(11(16)5-7)13(19)17-8-2-4-12(18(20)21)10(15)6-8/h1-6H,16H2,(H,17,19). The third-order valence-corrected chi connectivity index (χ3v) is 2.90. The van der Waals surface area contributed by atoms with Gasteiger partial charge in [-0.05, 0) is 24.3 Å². The highest BCUT2D eigenvalue weighted by Crippen LogP contribution is 2.23. The molecular weight excluding hydrogens is 301 g/mol. The molecule has 0 fully saturated rings. The minimum Gasteiger partial charge on any atom is -0.398 e. The molecule has 0 spiro atoms. The lowest BCUT2D eigenvalue weighted by atomic mass is 10.1. The second-order valence-electron chi connectivity index (χ2n) is 4.11. The number of nitrogen functional groups attached to an aromatic ring is 1. The lowest BCUT2D eigenvalue weighted by Gasteiger charge is -2.08. The van der Waals surface area contributed by atoms with Crippen molar-refractivity contribution >= 4 is 34.6 Å². The Hall–Kier alpha value is -2.67. The van der Waals surface area contributed by atoms with Gasteiger partial charge in [0.25, 0.3) is 5.91 Å². The number of carbonyl (C=O) groups is 1. The molecule has 2 rings (SSSR count). The summed E-state index contributed by atoms with van der Waals surface area (Å²) in [6.45, 7) is 0. The molecule has 0 aromatic heterocycles. The van der Waals surface area contributed by atoms with Gasteiger partial charge in [0.05, 0.1) is 10.5 Å². The van der Waals surface area contributed by atoms with Crippen LogP contribution in [0.3, 0.4) is 0 Å². The average Bonchev–Trinajstić information content (AvgIpc) is 2.37. The quantitative estimate of drug-likeness (QED) is 0.516. The molecule has 0 bridgehead atoms. The largest absolute Gasteiger partial charge is 0.398 e. The Morgan fingerprint density at radius 3 is 2.57 bits per heavy atom. The highest BCUT2D eigenvalue weighted by atomic mass is 35.5. The molecule has 0 aliphatic carbocycles. The second kappa shape index (κ2) is 5.76. The summed E-state index contributed by atoms with van der Waals surface area (Å²) in [6, 6.07) is 7.38. The number of rotatable bonds is 3. The van der Waals surface area contributed by atoms with E-state index >= 15 is 0 Å². The molecular formula is C13H9ClFN3O3. The van der Waals surface area contributed by atoms with Crippen molar-refractivity contribution < 1.29 is 14.1 Å². The van der Waals surface area contributed by atoms with Crippen LogP contribution in [-0.2, 0) is 0 Å².